The fourth-order valence-corrected chi connectivity index (χ4v) is 5.75. The number of likely N-dealkylation sites (tertiary alicyclic amines) is 1. The maximum absolute atomic E-state index is 13.6. The fraction of sp³-hybridized carbons (Fsp3) is 0.538. The molecule has 8 nitrogen and oxygen atoms in total. The van der Waals surface area contributed by atoms with Gasteiger partial charge in [-0.3, -0.25) is 4.90 Å². The Bertz CT molecular complexity index is 1060. The van der Waals surface area contributed by atoms with Crippen LogP contribution in [0.25, 0.3) is 0 Å². The third kappa shape index (κ3) is 5.70. The molecule has 1 amide bonds. The first kappa shape index (κ1) is 24.9. The zero-order chi connectivity index (χ0) is 25.2. The highest BCUT2D eigenvalue weighted by Crippen LogP contribution is 2.44. The number of nitriles is 1. The largest absolute Gasteiger partial charge is 0.486 e. The number of halogens is 1. The van der Waals surface area contributed by atoms with Gasteiger partial charge >= 0.3 is 6.09 Å². The van der Waals surface area contributed by atoms with Crippen molar-refractivity contribution in [3.63, 3.8) is 0 Å². The van der Waals surface area contributed by atoms with E-state index in [0.29, 0.717) is 5.75 Å². The molecule has 4 rings (SSSR count). The Balaban J connectivity index is 1.65. The lowest BCUT2D eigenvalue weighted by Crippen LogP contribution is -2.61. The Morgan fingerprint density at radius 1 is 1.17 bits per heavy atom. The van der Waals surface area contributed by atoms with Crippen molar-refractivity contribution in [3.05, 3.63) is 53.9 Å². The van der Waals surface area contributed by atoms with Gasteiger partial charge in [0, 0.05) is 6.04 Å². The van der Waals surface area contributed by atoms with Crippen molar-refractivity contribution >= 4 is 6.09 Å². The average molecular weight is 482 g/mol. The molecule has 1 aromatic heterocycles. The number of amides is 1. The predicted molar refractivity (Wildman–Crippen MR) is 127 cm³/mol. The van der Waals surface area contributed by atoms with Gasteiger partial charge in [-0.15, -0.1) is 0 Å². The van der Waals surface area contributed by atoms with Crippen LogP contribution >= 0.6 is 0 Å². The van der Waals surface area contributed by atoms with Gasteiger partial charge in [-0.05, 0) is 61.3 Å². The van der Waals surface area contributed by atoms with Gasteiger partial charge in [-0.2, -0.15) is 5.26 Å². The van der Waals surface area contributed by atoms with Crippen molar-refractivity contribution in [2.75, 3.05) is 6.54 Å². The molecule has 0 spiro atoms. The molecule has 186 valence electrons. The summed E-state index contributed by atoms with van der Waals surface area (Å²) in [4.78, 5) is 22.2. The number of hydrogen-bond donors (Lipinski definition) is 1. The molecule has 9 heteroatoms. The number of carbonyl (C=O) groups is 1. The number of ether oxygens (including phenoxy) is 2. The first-order valence-corrected chi connectivity index (χ1v) is 12.0. The van der Waals surface area contributed by atoms with Crippen LogP contribution in [-0.4, -0.2) is 51.8 Å². The number of nitrogens with zero attached hydrogens (tertiary/aromatic N) is 4. The first-order valence-electron chi connectivity index (χ1n) is 12.0. The summed E-state index contributed by atoms with van der Waals surface area (Å²) in [5, 5.41) is 9.00. The van der Waals surface area contributed by atoms with Crippen LogP contribution in [0.4, 0.5) is 9.18 Å². The summed E-state index contributed by atoms with van der Waals surface area (Å²) < 4.78 is 25.6. The van der Waals surface area contributed by atoms with Crippen LogP contribution in [0.15, 0.2) is 36.7 Å². The molecule has 0 radical (unpaired) electrons. The monoisotopic (exact) mass is 481 g/mol. The summed E-state index contributed by atoms with van der Waals surface area (Å²) in [5.74, 6) is 0.483. The molecule has 1 saturated heterocycles. The van der Waals surface area contributed by atoms with E-state index in [1.54, 1.807) is 0 Å². The van der Waals surface area contributed by atoms with E-state index in [2.05, 4.69) is 35.6 Å². The van der Waals surface area contributed by atoms with E-state index in [1.807, 2.05) is 18.2 Å². The number of carbonyl (C=O) groups excluding carboxylic acids is 1. The fourth-order valence-electron chi connectivity index (χ4n) is 5.75. The van der Waals surface area contributed by atoms with Crippen LogP contribution in [-0.2, 0) is 4.74 Å². The Hall–Kier alpha value is -3.25. The molecule has 2 aliphatic rings. The minimum absolute atomic E-state index is 0.0178. The van der Waals surface area contributed by atoms with Crippen LogP contribution in [0.5, 0.6) is 5.75 Å². The Kier molecular flexibility index (Phi) is 7.22. The standard InChI is InChI=1S/C26H32FN5O3/c1-26(2,3)24-21(35-25(29)33)5-4-10-32(24)20-11-17(16-6-8-18(27)9-7-16)12-22(20)34-19-14-30-23(13-28)31-15-19/h6-9,14-15,17,20-22,24H,4-5,10-12H2,1-3H3,(H2,29,33)/t17?,20?,21-,22?,24?/m1/s1. The molecule has 1 saturated carbocycles. The Morgan fingerprint density at radius 3 is 2.46 bits per heavy atom. The average Bonchev–Trinajstić information content (AvgIpc) is 3.22. The molecular formula is C26H32FN5O3. The molecule has 4 unspecified atom stereocenters. The smallest absolute Gasteiger partial charge is 0.404 e. The summed E-state index contributed by atoms with van der Waals surface area (Å²) in [6.07, 6.45) is 4.93. The van der Waals surface area contributed by atoms with Gasteiger partial charge in [0.2, 0.25) is 5.82 Å². The summed E-state index contributed by atoms with van der Waals surface area (Å²) in [5.41, 5.74) is 6.30. The van der Waals surface area contributed by atoms with E-state index in [1.165, 1.54) is 24.5 Å². The van der Waals surface area contributed by atoms with E-state index < -0.39 is 6.09 Å². The highest BCUT2D eigenvalue weighted by atomic mass is 19.1. The Morgan fingerprint density at radius 2 is 1.86 bits per heavy atom. The van der Waals surface area contributed by atoms with Crippen molar-refractivity contribution < 1.29 is 18.7 Å². The lowest BCUT2D eigenvalue weighted by Gasteiger charge is -2.50. The number of hydrogen-bond acceptors (Lipinski definition) is 7. The van der Waals surface area contributed by atoms with E-state index in [4.69, 9.17) is 20.5 Å². The molecule has 1 aromatic carbocycles. The molecular weight excluding hydrogens is 449 g/mol. The number of benzene rings is 1. The summed E-state index contributed by atoms with van der Waals surface area (Å²) >= 11 is 0. The van der Waals surface area contributed by atoms with E-state index in [0.717, 1.165) is 37.8 Å². The number of rotatable bonds is 5. The molecule has 2 aromatic rings. The van der Waals surface area contributed by atoms with Crippen LogP contribution < -0.4 is 10.5 Å². The van der Waals surface area contributed by atoms with Gasteiger partial charge in [-0.1, -0.05) is 32.9 Å². The SMILES string of the molecule is CC(C)(C)C1[C@H](OC(N)=O)CCCN1C1CC(c2ccc(F)cc2)CC1Oc1cnc(C#N)nc1. The highest BCUT2D eigenvalue weighted by Gasteiger charge is 2.49. The van der Waals surface area contributed by atoms with E-state index in [-0.39, 0.29) is 47.3 Å². The topological polar surface area (TPSA) is 114 Å². The summed E-state index contributed by atoms with van der Waals surface area (Å²) in [7, 11) is 0. The van der Waals surface area contributed by atoms with Crippen molar-refractivity contribution in [3.8, 4) is 11.8 Å². The number of piperidine rings is 1. The predicted octanol–water partition coefficient (Wildman–Crippen LogP) is 4.16. The van der Waals surface area contributed by atoms with E-state index in [9.17, 15) is 9.18 Å². The van der Waals surface area contributed by atoms with Crippen LogP contribution in [0.1, 0.15) is 63.8 Å². The van der Waals surface area contributed by atoms with Crippen molar-refractivity contribution in [2.45, 2.75) is 76.7 Å². The molecule has 2 N–H and O–H groups in total. The maximum Gasteiger partial charge on any atom is 0.404 e. The highest BCUT2D eigenvalue weighted by molar-refractivity contribution is 5.64. The normalized spacial score (nSPS) is 27.2. The first-order chi connectivity index (χ1) is 16.7. The van der Waals surface area contributed by atoms with Gasteiger partial charge in [0.15, 0.2) is 5.75 Å². The zero-order valence-electron chi connectivity index (χ0n) is 20.4. The quantitative estimate of drug-likeness (QED) is 0.682. The minimum Gasteiger partial charge on any atom is -0.486 e. The van der Waals surface area contributed by atoms with Crippen LogP contribution in [0.3, 0.4) is 0 Å². The number of nitrogens with two attached hydrogens (primary N) is 1. The van der Waals surface area contributed by atoms with Crippen molar-refractivity contribution in [2.24, 2.45) is 11.1 Å². The van der Waals surface area contributed by atoms with Crippen LogP contribution in [0.2, 0.25) is 0 Å². The summed E-state index contributed by atoms with van der Waals surface area (Å²) in [6, 6.07) is 8.53. The molecule has 2 heterocycles. The third-order valence-electron chi connectivity index (χ3n) is 7.02. The molecule has 1 aliphatic carbocycles. The molecule has 35 heavy (non-hydrogen) atoms. The van der Waals surface area contributed by atoms with E-state index >= 15 is 0 Å². The zero-order valence-corrected chi connectivity index (χ0v) is 20.4. The van der Waals surface area contributed by atoms with Gasteiger partial charge < -0.3 is 15.2 Å². The molecule has 0 bridgehead atoms. The third-order valence-corrected chi connectivity index (χ3v) is 7.02. The molecule has 2 fully saturated rings. The second-order valence-corrected chi connectivity index (χ2v) is 10.5. The maximum atomic E-state index is 13.6. The van der Waals surface area contributed by atoms with Crippen LogP contribution in [0, 0.1) is 22.6 Å². The second kappa shape index (κ2) is 10.2. The van der Waals surface area contributed by atoms with Crippen molar-refractivity contribution in [1.82, 2.24) is 14.9 Å². The lowest BCUT2D eigenvalue weighted by atomic mass is 9.77. The lowest BCUT2D eigenvalue weighted by molar-refractivity contribution is -0.0777. The molecule has 5 atom stereocenters. The Labute approximate surface area is 205 Å². The van der Waals surface area contributed by atoms with Gasteiger partial charge in [0.05, 0.1) is 18.4 Å². The van der Waals surface area contributed by atoms with Gasteiger partial charge in [0.25, 0.3) is 0 Å². The molecule has 1 aliphatic heterocycles. The summed E-state index contributed by atoms with van der Waals surface area (Å²) in [6.45, 7) is 7.27. The van der Waals surface area contributed by atoms with Gasteiger partial charge in [-0.25, -0.2) is 19.2 Å². The minimum atomic E-state index is -0.760. The van der Waals surface area contributed by atoms with Crippen molar-refractivity contribution in [1.29, 1.82) is 5.26 Å². The number of aromatic nitrogens is 2. The second-order valence-electron chi connectivity index (χ2n) is 10.5. The number of primary amides is 1. The van der Waals surface area contributed by atoms with Gasteiger partial charge in [0.1, 0.15) is 24.1 Å².